The molecular formula is C18H31NO6. The molecule has 1 aliphatic rings. The Balaban J connectivity index is 2.77. The molecule has 0 saturated heterocycles. The second kappa shape index (κ2) is 8.17. The average molecular weight is 357 g/mol. The first kappa shape index (κ1) is 21.4. The Hall–Kier alpha value is -1.63. The van der Waals surface area contributed by atoms with Crippen LogP contribution in [-0.4, -0.2) is 39.3 Å². The van der Waals surface area contributed by atoms with Gasteiger partial charge in [-0.2, -0.15) is 0 Å². The summed E-state index contributed by atoms with van der Waals surface area (Å²) < 4.78 is 5.16. The highest BCUT2D eigenvalue weighted by molar-refractivity contribution is 6.03. The summed E-state index contributed by atoms with van der Waals surface area (Å²) in [5, 5.41) is 18.6. The van der Waals surface area contributed by atoms with Gasteiger partial charge in [0.2, 0.25) is 5.54 Å². The minimum Gasteiger partial charge on any atom is -0.481 e. The minimum atomic E-state index is -2.10. The number of aliphatic carboxylic acids is 2. The maximum atomic E-state index is 12.2. The molecule has 0 aromatic carbocycles. The molecule has 0 aromatic heterocycles. The Kier molecular flexibility index (Phi) is 6.99. The molecule has 0 aliphatic heterocycles. The van der Waals surface area contributed by atoms with Crippen LogP contribution in [0.15, 0.2) is 0 Å². The highest BCUT2D eigenvalue weighted by atomic mass is 16.6. The Morgan fingerprint density at radius 2 is 1.64 bits per heavy atom. The van der Waals surface area contributed by atoms with Gasteiger partial charge in [0.15, 0.2) is 0 Å². The van der Waals surface area contributed by atoms with E-state index < -0.39 is 29.0 Å². The van der Waals surface area contributed by atoms with Crippen LogP contribution < -0.4 is 5.73 Å². The summed E-state index contributed by atoms with van der Waals surface area (Å²) in [5.74, 6) is -3.22. The first-order chi connectivity index (χ1) is 11.4. The lowest BCUT2D eigenvalue weighted by Crippen LogP contribution is -2.57. The van der Waals surface area contributed by atoms with E-state index in [9.17, 15) is 24.6 Å². The van der Waals surface area contributed by atoms with E-state index in [1.54, 1.807) is 20.8 Å². The summed E-state index contributed by atoms with van der Waals surface area (Å²) in [5.41, 5.74) is 2.61. The molecule has 1 fully saturated rings. The molecule has 0 spiro atoms. The van der Waals surface area contributed by atoms with Crippen molar-refractivity contribution < 1.29 is 29.3 Å². The summed E-state index contributed by atoms with van der Waals surface area (Å²) in [7, 11) is 0. The largest absolute Gasteiger partial charge is 0.481 e. The van der Waals surface area contributed by atoms with E-state index in [0.29, 0.717) is 12.8 Å². The number of carbonyl (C=O) groups is 3. The van der Waals surface area contributed by atoms with Crippen LogP contribution in [0.4, 0.5) is 0 Å². The van der Waals surface area contributed by atoms with Crippen molar-refractivity contribution in [3.63, 3.8) is 0 Å². The van der Waals surface area contributed by atoms with Gasteiger partial charge in [-0.15, -0.1) is 0 Å². The molecule has 0 amide bonds. The number of carbonyl (C=O) groups excluding carboxylic acids is 1. The molecule has 1 aliphatic carbocycles. The van der Waals surface area contributed by atoms with E-state index in [0.717, 1.165) is 32.1 Å². The Morgan fingerprint density at radius 3 is 2.08 bits per heavy atom. The van der Waals surface area contributed by atoms with Crippen LogP contribution in [0.25, 0.3) is 0 Å². The predicted molar refractivity (Wildman–Crippen MR) is 92.0 cm³/mol. The number of rotatable bonds is 8. The van der Waals surface area contributed by atoms with Gasteiger partial charge in [-0.25, -0.2) is 9.59 Å². The number of nitrogens with two attached hydrogens (primary N) is 1. The van der Waals surface area contributed by atoms with E-state index in [-0.39, 0.29) is 18.3 Å². The van der Waals surface area contributed by atoms with Crippen LogP contribution in [0, 0.1) is 5.41 Å². The summed E-state index contributed by atoms with van der Waals surface area (Å²) in [6.45, 7) is 4.95. The zero-order chi connectivity index (χ0) is 19.3. The standard InChI is InChI=1S/C18H31NO6/c1-16(2,3)25-15(24)18(19,14(22)23)11-7-10-17(12-13(20)21)8-5-4-6-9-17/h4-12,19H2,1-3H3,(H,20,21)(H,22,23). The second-order valence-electron chi connectivity index (χ2n) is 8.26. The maximum absolute atomic E-state index is 12.2. The first-order valence-corrected chi connectivity index (χ1v) is 8.88. The summed E-state index contributed by atoms with van der Waals surface area (Å²) in [6, 6.07) is 0. The molecule has 1 atom stereocenters. The van der Waals surface area contributed by atoms with Crippen LogP contribution in [0.2, 0.25) is 0 Å². The molecule has 144 valence electrons. The van der Waals surface area contributed by atoms with E-state index in [2.05, 4.69) is 0 Å². The van der Waals surface area contributed by atoms with Gasteiger partial charge in [0.25, 0.3) is 0 Å². The topological polar surface area (TPSA) is 127 Å². The van der Waals surface area contributed by atoms with Crippen molar-refractivity contribution in [3.8, 4) is 0 Å². The number of hydrogen-bond donors (Lipinski definition) is 3. The molecule has 0 aromatic rings. The van der Waals surface area contributed by atoms with E-state index in [4.69, 9.17) is 10.5 Å². The molecule has 25 heavy (non-hydrogen) atoms. The number of esters is 1. The smallest absolute Gasteiger partial charge is 0.338 e. The summed E-state index contributed by atoms with van der Waals surface area (Å²) >= 11 is 0. The Labute approximate surface area is 148 Å². The van der Waals surface area contributed by atoms with E-state index in [1.165, 1.54) is 0 Å². The molecular weight excluding hydrogens is 326 g/mol. The second-order valence-corrected chi connectivity index (χ2v) is 8.26. The van der Waals surface area contributed by atoms with Gasteiger partial charge >= 0.3 is 17.9 Å². The molecule has 1 saturated carbocycles. The van der Waals surface area contributed by atoms with Gasteiger partial charge in [0.1, 0.15) is 5.60 Å². The Bertz CT molecular complexity index is 504. The van der Waals surface area contributed by atoms with Crippen LogP contribution in [0.1, 0.15) is 78.6 Å². The van der Waals surface area contributed by atoms with Gasteiger partial charge in [0, 0.05) is 0 Å². The van der Waals surface area contributed by atoms with Crippen molar-refractivity contribution >= 4 is 17.9 Å². The monoisotopic (exact) mass is 357 g/mol. The highest BCUT2D eigenvalue weighted by Gasteiger charge is 2.45. The van der Waals surface area contributed by atoms with Crippen molar-refractivity contribution in [2.75, 3.05) is 0 Å². The molecule has 7 heteroatoms. The fourth-order valence-electron chi connectivity index (χ4n) is 3.55. The number of carboxylic acid groups (broad SMARTS) is 2. The number of ether oxygens (including phenoxy) is 1. The fraction of sp³-hybridized carbons (Fsp3) is 0.833. The molecule has 1 rings (SSSR count). The lowest BCUT2D eigenvalue weighted by atomic mass is 9.68. The van der Waals surface area contributed by atoms with Gasteiger partial charge in [-0.1, -0.05) is 19.3 Å². The van der Waals surface area contributed by atoms with Crippen molar-refractivity contribution in [2.24, 2.45) is 11.1 Å². The zero-order valence-electron chi connectivity index (χ0n) is 15.5. The predicted octanol–water partition coefficient (Wildman–Crippen LogP) is 2.71. The Morgan fingerprint density at radius 1 is 1.08 bits per heavy atom. The number of hydrogen-bond acceptors (Lipinski definition) is 5. The van der Waals surface area contributed by atoms with Crippen molar-refractivity contribution in [2.45, 2.75) is 89.7 Å². The van der Waals surface area contributed by atoms with Gasteiger partial charge in [-0.3, -0.25) is 4.79 Å². The molecule has 0 heterocycles. The normalized spacial score (nSPS) is 19.7. The lowest BCUT2D eigenvalue weighted by molar-refractivity contribution is -0.169. The SMILES string of the molecule is CC(C)(C)OC(=O)C(N)(CCCC1(CC(=O)O)CCCCC1)C(=O)O. The molecule has 0 radical (unpaired) electrons. The third kappa shape index (κ3) is 6.30. The summed E-state index contributed by atoms with van der Waals surface area (Å²) in [6.07, 6.45) is 5.60. The van der Waals surface area contributed by atoms with Gasteiger partial charge in [0.05, 0.1) is 6.42 Å². The maximum Gasteiger partial charge on any atom is 0.338 e. The van der Waals surface area contributed by atoms with Crippen LogP contribution in [0.5, 0.6) is 0 Å². The summed E-state index contributed by atoms with van der Waals surface area (Å²) in [4.78, 5) is 35.0. The van der Waals surface area contributed by atoms with Crippen LogP contribution in [0.3, 0.4) is 0 Å². The molecule has 4 N–H and O–H groups in total. The van der Waals surface area contributed by atoms with Gasteiger partial charge < -0.3 is 20.7 Å². The van der Waals surface area contributed by atoms with Crippen LogP contribution >= 0.6 is 0 Å². The van der Waals surface area contributed by atoms with E-state index in [1.807, 2.05) is 0 Å². The molecule has 1 unspecified atom stereocenters. The van der Waals surface area contributed by atoms with Crippen molar-refractivity contribution in [3.05, 3.63) is 0 Å². The van der Waals surface area contributed by atoms with Crippen LogP contribution in [-0.2, 0) is 19.1 Å². The third-order valence-corrected chi connectivity index (χ3v) is 4.86. The van der Waals surface area contributed by atoms with Gasteiger partial charge in [-0.05, 0) is 58.3 Å². The van der Waals surface area contributed by atoms with Crippen molar-refractivity contribution in [1.82, 2.24) is 0 Å². The quantitative estimate of drug-likeness (QED) is 0.450. The molecule has 7 nitrogen and oxygen atoms in total. The lowest BCUT2D eigenvalue weighted by Gasteiger charge is -2.37. The zero-order valence-corrected chi connectivity index (χ0v) is 15.5. The minimum absolute atomic E-state index is 0.0708. The van der Waals surface area contributed by atoms with E-state index >= 15 is 0 Å². The average Bonchev–Trinajstić information content (AvgIpc) is 2.45. The van der Waals surface area contributed by atoms with Crippen molar-refractivity contribution in [1.29, 1.82) is 0 Å². The number of carboxylic acids is 2. The molecule has 0 bridgehead atoms. The highest BCUT2D eigenvalue weighted by Crippen LogP contribution is 2.43. The fourth-order valence-corrected chi connectivity index (χ4v) is 3.55. The third-order valence-electron chi connectivity index (χ3n) is 4.86. The first-order valence-electron chi connectivity index (χ1n) is 8.88.